The average Bonchev–Trinajstić information content (AvgIpc) is 3.47. The van der Waals surface area contributed by atoms with E-state index in [9.17, 15) is 4.79 Å². The monoisotopic (exact) mass is 788 g/mol. The van der Waals surface area contributed by atoms with Crippen LogP contribution in [-0.2, 0) is 149 Å². The Labute approximate surface area is 303 Å². The fraction of sp³-hybridized carbons (Fsp3) is 0.864. The van der Waals surface area contributed by atoms with Gasteiger partial charge >= 0.3 is 0 Å². The second-order valence-electron chi connectivity index (χ2n) is 8.14. The summed E-state index contributed by atoms with van der Waals surface area (Å²) < 4.78 is 15.4. The molecule has 0 aromatic rings. The first-order valence-corrected chi connectivity index (χ1v) is 11.9. The van der Waals surface area contributed by atoms with Crippen molar-refractivity contribution in [2.45, 2.75) is 96.9 Å². The normalized spacial score (nSPS) is 30.2. The Morgan fingerprint density at radius 2 is 1.25 bits per heavy atom. The predicted molar refractivity (Wildman–Crippen MR) is 123 cm³/mol. The molecule has 4 nitrogen and oxygen atoms in total. The molecular formula is C22H42O4P2Y4-2. The molecule has 10 heteroatoms. The number of rotatable bonds is 6. The predicted octanol–water partition coefficient (Wildman–Crippen LogP) is 5.75. The van der Waals surface area contributed by atoms with E-state index >= 15 is 0 Å². The number of carbonyl (C=O) groups is 1. The van der Waals surface area contributed by atoms with Gasteiger partial charge in [0.05, 0.1) is 6.10 Å². The molecule has 0 N–H and O–H groups in total. The Morgan fingerprint density at radius 3 is 1.50 bits per heavy atom. The number of hydrogen-bond acceptors (Lipinski definition) is 4. The minimum absolute atomic E-state index is 0. The molecule has 0 aromatic carbocycles. The van der Waals surface area contributed by atoms with Gasteiger partial charge in [0.25, 0.3) is 0 Å². The van der Waals surface area contributed by atoms with Gasteiger partial charge in [-0.05, 0) is 12.8 Å². The summed E-state index contributed by atoms with van der Waals surface area (Å²) in [5, 5.41) is 0. The largest absolute Gasteiger partial charge is 0.384 e. The SMILES string of the molecule is CCC1CC(OP)CC1=O.CCC1[CH-]CC(OC)C1.CCC1[CH-]CC(OP)C1.[Y].[Y].[Y].[Y]. The molecule has 8 atom stereocenters. The molecule has 8 unspecified atom stereocenters. The van der Waals surface area contributed by atoms with Crippen molar-refractivity contribution in [3.05, 3.63) is 12.8 Å². The summed E-state index contributed by atoms with van der Waals surface area (Å²) in [6.07, 6.45) is 15.7. The van der Waals surface area contributed by atoms with Gasteiger partial charge in [0.1, 0.15) is 5.78 Å². The smallest absolute Gasteiger partial charge is 0.138 e. The molecule has 0 saturated heterocycles. The zero-order valence-electron chi connectivity index (χ0n) is 20.6. The fourth-order valence-electron chi connectivity index (χ4n) is 4.14. The zero-order valence-corrected chi connectivity index (χ0v) is 34.2. The Hall–Kier alpha value is 4.83. The third-order valence-electron chi connectivity index (χ3n) is 6.29. The molecule has 178 valence electrons. The van der Waals surface area contributed by atoms with Crippen LogP contribution in [0.2, 0.25) is 0 Å². The number of Topliss-reactive ketones (excluding diaryl/α,β-unsaturated/α-hetero) is 1. The minimum atomic E-state index is 0. The van der Waals surface area contributed by atoms with E-state index in [4.69, 9.17) is 13.8 Å². The first-order chi connectivity index (χ1) is 13.5. The van der Waals surface area contributed by atoms with Gasteiger partial charge in [-0.3, -0.25) is 4.79 Å². The van der Waals surface area contributed by atoms with E-state index in [1.165, 1.54) is 25.7 Å². The summed E-state index contributed by atoms with van der Waals surface area (Å²) in [7, 11) is 6.37. The zero-order chi connectivity index (χ0) is 20.9. The summed E-state index contributed by atoms with van der Waals surface area (Å²) in [5.41, 5.74) is 0. The van der Waals surface area contributed by atoms with E-state index in [1.54, 1.807) is 7.11 Å². The van der Waals surface area contributed by atoms with Crippen LogP contribution in [0, 0.1) is 30.6 Å². The summed E-state index contributed by atoms with van der Waals surface area (Å²) in [6.45, 7) is 6.51. The van der Waals surface area contributed by atoms with Gasteiger partial charge in [0.2, 0.25) is 0 Å². The van der Waals surface area contributed by atoms with Crippen molar-refractivity contribution >= 4 is 24.7 Å². The van der Waals surface area contributed by atoms with Crippen LogP contribution >= 0.6 is 18.9 Å². The maximum Gasteiger partial charge on any atom is 0.138 e. The molecule has 3 aliphatic carbocycles. The van der Waals surface area contributed by atoms with Gasteiger partial charge in [-0.25, -0.2) is 0 Å². The van der Waals surface area contributed by atoms with Crippen LogP contribution in [0.1, 0.15) is 78.6 Å². The maximum atomic E-state index is 11.1. The molecule has 4 radical (unpaired) electrons. The van der Waals surface area contributed by atoms with Crippen molar-refractivity contribution in [3.63, 3.8) is 0 Å². The number of ether oxygens (including phenoxy) is 1. The third-order valence-corrected chi connectivity index (χ3v) is 7.06. The van der Waals surface area contributed by atoms with Gasteiger partial charge in [-0.2, -0.15) is 24.7 Å². The minimum Gasteiger partial charge on any atom is -0.384 e. The van der Waals surface area contributed by atoms with Gasteiger partial charge in [0, 0.05) is 181 Å². The Bertz CT molecular complexity index is 397. The van der Waals surface area contributed by atoms with Gasteiger partial charge in [-0.1, -0.05) is 46.5 Å². The number of carbonyl (C=O) groups excluding carboxylic acids is 1. The van der Waals surface area contributed by atoms with E-state index < -0.39 is 0 Å². The van der Waals surface area contributed by atoms with E-state index in [1.807, 2.05) is 6.92 Å². The second-order valence-corrected chi connectivity index (χ2v) is 8.68. The molecule has 0 spiro atoms. The topological polar surface area (TPSA) is 44.8 Å². The quantitative estimate of drug-likeness (QED) is 0.254. The number of methoxy groups -OCH3 is 1. The van der Waals surface area contributed by atoms with Crippen LogP contribution in [0.15, 0.2) is 0 Å². The van der Waals surface area contributed by atoms with Crippen molar-refractivity contribution in [3.8, 4) is 0 Å². The molecule has 0 aliphatic heterocycles. The molecule has 0 aromatic heterocycles. The Kier molecular flexibility index (Phi) is 37.6. The standard InChI is InChI=1S/C8H15O.C7H13O2P.C7H14OP.4Y/c1-3-7-4-5-8(6-7)9-2;1-2-5-3-6(9-10)4-7(5)8;1-2-6-3-4-7(5-6)8-9;;;;/h4,7-8H,3,5-6H2,1-2H3;5-6H,2-4,10H2,1H3;3,6-7H,2,4-5,9H2,1H3;;;;/q-1;;-1;;;;. The molecule has 0 amide bonds. The first-order valence-electron chi connectivity index (χ1n) is 10.9. The molecule has 0 heterocycles. The summed E-state index contributed by atoms with van der Waals surface area (Å²) in [5.74, 6) is 2.28. The fourth-order valence-corrected chi connectivity index (χ4v) is 4.57. The van der Waals surface area contributed by atoms with E-state index in [2.05, 4.69) is 45.6 Å². The molecular weight excluding hydrogens is 746 g/mol. The number of ketones is 1. The van der Waals surface area contributed by atoms with Crippen LogP contribution in [0.25, 0.3) is 0 Å². The van der Waals surface area contributed by atoms with Crippen LogP contribution in [-0.4, -0.2) is 31.2 Å². The van der Waals surface area contributed by atoms with Crippen molar-refractivity contribution in [1.82, 2.24) is 0 Å². The van der Waals surface area contributed by atoms with Crippen LogP contribution in [0.3, 0.4) is 0 Å². The molecule has 32 heavy (non-hydrogen) atoms. The van der Waals surface area contributed by atoms with Gasteiger partial charge < -0.3 is 26.6 Å². The maximum absolute atomic E-state index is 11.1. The van der Waals surface area contributed by atoms with Crippen molar-refractivity contribution in [2.24, 2.45) is 17.8 Å². The Balaban J connectivity index is -0.000000173. The Morgan fingerprint density at radius 1 is 0.781 bits per heavy atom. The van der Waals surface area contributed by atoms with Gasteiger partial charge in [0.15, 0.2) is 0 Å². The second kappa shape index (κ2) is 27.4. The van der Waals surface area contributed by atoms with Crippen LogP contribution in [0.4, 0.5) is 0 Å². The van der Waals surface area contributed by atoms with E-state index in [-0.39, 0.29) is 143 Å². The summed E-state index contributed by atoms with van der Waals surface area (Å²) in [4.78, 5) is 11.1. The number of hydrogen-bond donors (Lipinski definition) is 0. The molecule has 0 bridgehead atoms. The first kappa shape index (κ1) is 43.9. The van der Waals surface area contributed by atoms with Crippen LogP contribution < -0.4 is 0 Å². The van der Waals surface area contributed by atoms with Crippen molar-refractivity contribution < 1.29 is 149 Å². The van der Waals surface area contributed by atoms with Crippen LogP contribution in [0.5, 0.6) is 0 Å². The molecule has 3 saturated carbocycles. The summed E-state index contributed by atoms with van der Waals surface area (Å²) in [6, 6.07) is 0. The van der Waals surface area contributed by atoms with Crippen molar-refractivity contribution in [1.29, 1.82) is 0 Å². The van der Waals surface area contributed by atoms with Gasteiger partial charge in [-0.15, -0.1) is 0 Å². The van der Waals surface area contributed by atoms with E-state index in [0.717, 1.165) is 37.5 Å². The third kappa shape index (κ3) is 18.2. The van der Waals surface area contributed by atoms with E-state index in [0.29, 0.717) is 24.4 Å². The summed E-state index contributed by atoms with van der Waals surface area (Å²) >= 11 is 0. The molecule has 3 fully saturated rings. The average molecular weight is 788 g/mol. The van der Waals surface area contributed by atoms with Crippen molar-refractivity contribution in [2.75, 3.05) is 7.11 Å². The molecule has 3 rings (SSSR count). The molecule has 3 aliphatic rings.